The molecule has 0 aromatic heterocycles. The molecular weight excluding hydrogens is 279 g/mol. The van der Waals surface area contributed by atoms with Crippen LogP contribution in [0, 0.1) is 0 Å². The summed E-state index contributed by atoms with van der Waals surface area (Å²) in [6.45, 7) is 2.63. The summed E-state index contributed by atoms with van der Waals surface area (Å²) in [5, 5.41) is 10.8. The number of rotatable bonds is 4. The van der Waals surface area contributed by atoms with Gasteiger partial charge in [0.25, 0.3) is 0 Å². The van der Waals surface area contributed by atoms with Gasteiger partial charge in [0.1, 0.15) is 0 Å². The van der Waals surface area contributed by atoms with Crippen molar-refractivity contribution in [2.75, 3.05) is 18.6 Å². The molecular formula is C18H21FN2O. The summed E-state index contributed by atoms with van der Waals surface area (Å²) in [6, 6.07) is 17.3. The number of halogens is 1. The number of anilines is 1. The van der Waals surface area contributed by atoms with E-state index in [1.165, 1.54) is 5.56 Å². The Balaban J connectivity index is 1.62. The minimum Gasteiger partial charge on any atom is -0.385 e. The van der Waals surface area contributed by atoms with Gasteiger partial charge in [0.15, 0.2) is 0 Å². The monoisotopic (exact) mass is 300 g/mol. The molecule has 1 heterocycles. The molecule has 2 aromatic carbocycles. The number of aliphatic hydroxyl groups is 1. The number of benzene rings is 2. The Morgan fingerprint density at radius 1 is 1.00 bits per heavy atom. The summed E-state index contributed by atoms with van der Waals surface area (Å²) in [7, 11) is 0. The minimum absolute atomic E-state index is 0.411. The normalized spacial score (nSPS) is 18.1. The van der Waals surface area contributed by atoms with Gasteiger partial charge in [-0.1, -0.05) is 42.5 Å². The third-order valence-corrected chi connectivity index (χ3v) is 4.46. The molecule has 3 rings (SSSR count). The summed E-state index contributed by atoms with van der Waals surface area (Å²) in [6.07, 6.45) is 1.39. The Morgan fingerprint density at radius 2 is 1.64 bits per heavy atom. The maximum Gasteiger partial charge on any atom is 0.0920 e. The smallest absolute Gasteiger partial charge is 0.0920 e. The van der Waals surface area contributed by atoms with E-state index in [2.05, 4.69) is 29.2 Å². The molecule has 0 atom stereocenters. The van der Waals surface area contributed by atoms with Crippen molar-refractivity contribution in [3.05, 3.63) is 65.7 Å². The second kappa shape index (κ2) is 6.46. The highest BCUT2D eigenvalue weighted by Crippen LogP contribution is 2.33. The molecule has 2 N–H and O–H groups in total. The molecule has 22 heavy (non-hydrogen) atoms. The van der Waals surface area contributed by atoms with E-state index < -0.39 is 5.60 Å². The summed E-state index contributed by atoms with van der Waals surface area (Å²) in [5.41, 5.74) is 3.39. The van der Waals surface area contributed by atoms with E-state index in [1.54, 1.807) is 29.8 Å². The second-order valence-corrected chi connectivity index (χ2v) is 5.97. The molecule has 0 unspecified atom stereocenters. The molecule has 1 fully saturated rings. The van der Waals surface area contributed by atoms with Crippen molar-refractivity contribution < 1.29 is 9.59 Å². The van der Waals surface area contributed by atoms with Gasteiger partial charge in [0, 0.05) is 19.6 Å². The Hall–Kier alpha value is -1.91. The van der Waals surface area contributed by atoms with Crippen LogP contribution < -0.4 is 5.54 Å². The molecule has 1 aliphatic rings. The third-order valence-electron chi connectivity index (χ3n) is 4.46. The maximum absolute atomic E-state index is 12.3. The Labute approximate surface area is 130 Å². The molecule has 0 amide bonds. The highest BCUT2D eigenvalue weighted by molar-refractivity contribution is 5.43. The number of nitrogens with zero attached hydrogens (tertiary/aromatic N) is 1. The lowest BCUT2D eigenvalue weighted by Crippen LogP contribution is -2.42. The van der Waals surface area contributed by atoms with Crippen LogP contribution >= 0.6 is 0 Å². The number of likely N-dealkylation sites (tertiary alicyclic amines) is 1. The molecule has 3 nitrogen and oxygen atoms in total. The van der Waals surface area contributed by atoms with Crippen molar-refractivity contribution in [2.24, 2.45) is 0 Å². The van der Waals surface area contributed by atoms with Crippen LogP contribution in [0.1, 0.15) is 24.0 Å². The molecule has 0 radical (unpaired) electrons. The van der Waals surface area contributed by atoms with Crippen molar-refractivity contribution in [2.45, 2.75) is 25.0 Å². The summed E-state index contributed by atoms with van der Waals surface area (Å²) in [4.78, 5) is 2.36. The third kappa shape index (κ3) is 3.29. The molecule has 1 aliphatic heterocycles. The van der Waals surface area contributed by atoms with E-state index in [0.29, 0.717) is 18.5 Å². The van der Waals surface area contributed by atoms with Crippen molar-refractivity contribution >= 4 is 5.69 Å². The van der Waals surface area contributed by atoms with Crippen LogP contribution in [-0.2, 0) is 12.1 Å². The maximum atomic E-state index is 12.3. The minimum atomic E-state index is -0.804. The van der Waals surface area contributed by atoms with E-state index in [0.717, 1.165) is 25.2 Å². The van der Waals surface area contributed by atoms with Gasteiger partial charge < -0.3 is 5.11 Å². The summed E-state index contributed by atoms with van der Waals surface area (Å²) < 4.78 is 12.3. The highest BCUT2D eigenvalue weighted by atomic mass is 19.2. The first-order valence-electron chi connectivity index (χ1n) is 7.65. The molecule has 116 valence electrons. The van der Waals surface area contributed by atoms with E-state index in [4.69, 9.17) is 0 Å². The van der Waals surface area contributed by atoms with Gasteiger partial charge in [0.05, 0.1) is 11.3 Å². The first kappa shape index (κ1) is 15.0. The predicted molar refractivity (Wildman–Crippen MR) is 86.0 cm³/mol. The van der Waals surface area contributed by atoms with Gasteiger partial charge in [-0.3, -0.25) is 4.90 Å². The van der Waals surface area contributed by atoms with E-state index in [9.17, 15) is 9.59 Å². The number of hydrogen-bond donors (Lipinski definition) is 2. The fraction of sp³-hybridized carbons (Fsp3) is 0.333. The first-order valence-corrected chi connectivity index (χ1v) is 7.65. The molecule has 4 heteroatoms. The lowest BCUT2D eigenvalue weighted by atomic mass is 9.84. The summed E-state index contributed by atoms with van der Waals surface area (Å²) >= 11 is 0. The molecule has 0 bridgehead atoms. The fourth-order valence-electron chi connectivity index (χ4n) is 3.05. The Bertz CT molecular complexity index is 592. The van der Waals surface area contributed by atoms with Crippen molar-refractivity contribution in [3.8, 4) is 0 Å². The van der Waals surface area contributed by atoms with Crippen LogP contribution in [0.4, 0.5) is 10.2 Å². The highest BCUT2D eigenvalue weighted by Gasteiger charge is 2.33. The average Bonchev–Trinajstić information content (AvgIpc) is 2.58. The zero-order chi connectivity index (χ0) is 15.4. The molecule has 0 spiro atoms. The second-order valence-electron chi connectivity index (χ2n) is 5.97. The molecule has 1 saturated heterocycles. The first-order chi connectivity index (χ1) is 10.7. The topological polar surface area (TPSA) is 35.5 Å². The van der Waals surface area contributed by atoms with Crippen molar-refractivity contribution in [1.29, 1.82) is 0 Å². The van der Waals surface area contributed by atoms with Gasteiger partial charge in [-0.05, 0) is 36.1 Å². The molecule has 2 aromatic rings. The fourth-order valence-corrected chi connectivity index (χ4v) is 3.05. The average molecular weight is 300 g/mol. The van der Waals surface area contributed by atoms with E-state index in [1.807, 2.05) is 6.07 Å². The Morgan fingerprint density at radius 3 is 2.23 bits per heavy atom. The van der Waals surface area contributed by atoms with Crippen LogP contribution in [0.15, 0.2) is 54.6 Å². The van der Waals surface area contributed by atoms with E-state index >= 15 is 0 Å². The Kier molecular flexibility index (Phi) is 4.41. The largest absolute Gasteiger partial charge is 0.385 e. The quantitative estimate of drug-likeness (QED) is 0.849. The zero-order valence-corrected chi connectivity index (χ0v) is 12.5. The predicted octanol–water partition coefficient (Wildman–Crippen LogP) is 3.47. The van der Waals surface area contributed by atoms with Crippen LogP contribution in [-0.4, -0.2) is 23.1 Å². The number of hydrogen-bond acceptors (Lipinski definition) is 3. The molecule has 0 saturated carbocycles. The standard InChI is InChI=1S/C18H21FN2O/c19-20-17-8-6-16(7-9-17)18(22)10-12-21(13-11-18)14-15-4-2-1-3-5-15/h1-9,20,22H,10-14H2. The van der Waals surface area contributed by atoms with Gasteiger partial charge in [-0.15, -0.1) is 4.48 Å². The zero-order valence-electron chi connectivity index (χ0n) is 12.5. The SMILES string of the molecule is OC1(c2ccc(NF)cc2)CCN(Cc2ccccc2)CC1. The van der Waals surface area contributed by atoms with Gasteiger partial charge in [-0.2, -0.15) is 0 Å². The van der Waals surface area contributed by atoms with Gasteiger partial charge in [0.2, 0.25) is 0 Å². The van der Waals surface area contributed by atoms with Gasteiger partial charge in [-0.25, -0.2) is 5.54 Å². The number of nitrogens with one attached hydrogen (secondary N) is 1. The van der Waals surface area contributed by atoms with Crippen molar-refractivity contribution in [1.82, 2.24) is 4.90 Å². The van der Waals surface area contributed by atoms with Crippen LogP contribution in [0.25, 0.3) is 0 Å². The number of piperidine rings is 1. The summed E-state index contributed by atoms with van der Waals surface area (Å²) in [5.74, 6) is 0. The lowest BCUT2D eigenvalue weighted by Gasteiger charge is -2.38. The van der Waals surface area contributed by atoms with Crippen molar-refractivity contribution in [3.63, 3.8) is 0 Å². The van der Waals surface area contributed by atoms with Gasteiger partial charge >= 0.3 is 0 Å². The van der Waals surface area contributed by atoms with Crippen LogP contribution in [0.5, 0.6) is 0 Å². The van der Waals surface area contributed by atoms with Crippen LogP contribution in [0.3, 0.4) is 0 Å². The van der Waals surface area contributed by atoms with E-state index in [-0.39, 0.29) is 0 Å². The molecule has 0 aliphatic carbocycles. The lowest BCUT2D eigenvalue weighted by molar-refractivity contribution is -0.0277. The van der Waals surface area contributed by atoms with Crippen LogP contribution in [0.2, 0.25) is 0 Å².